The normalized spacial score (nSPS) is 15.1. The van der Waals surface area contributed by atoms with Crippen molar-refractivity contribution in [2.24, 2.45) is 11.8 Å². The highest BCUT2D eigenvalue weighted by Crippen LogP contribution is 2.35. The maximum absolute atomic E-state index is 12.4. The first-order valence-corrected chi connectivity index (χ1v) is 17.7. The largest absolute Gasteiger partial charge is 0.397 e. The number of thiophene rings is 2. The van der Waals surface area contributed by atoms with Gasteiger partial charge in [0.05, 0.1) is 27.1 Å². The predicted octanol–water partition coefficient (Wildman–Crippen LogP) is 8.71. The van der Waals surface area contributed by atoms with E-state index in [1.54, 1.807) is 11.3 Å². The average Bonchev–Trinajstić information content (AvgIpc) is 3.73. The molecule has 2 aromatic carbocycles. The molecule has 8 nitrogen and oxygen atoms in total. The lowest BCUT2D eigenvalue weighted by molar-refractivity contribution is -0.123. The summed E-state index contributed by atoms with van der Waals surface area (Å²) in [5.41, 5.74) is 17.8. The van der Waals surface area contributed by atoms with E-state index in [2.05, 4.69) is 29.0 Å². The van der Waals surface area contributed by atoms with E-state index in [1.807, 2.05) is 62.4 Å². The van der Waals surface area contributed by atoms with E-state index < -0.39 is 0 Å². The Morgan fingerprint density at radius 1 is 0.739 bits per heavy atom. The molecule has 0 unspecified atom stereocenters. The number of nitrogen functional groups attached to an aromatic ring is 2. The molecule has 0 saturated carbocycles. The Morgan fingerprint density at radius 2 is 1.22 bits per heavy atom. The maximum atomic E-state index is 12.4. The molecule has 0 atom stereocenters. The van der Waals surface area contributed by atoms with Crippen LogP contribution in [0.3, 0.4) is 0 Å². The molecule has 6 N–H and O–H groups in total. The van der Waals surface area contributed by atoms with E-state index in [9.17, 15) is 9.59 Å². The molecule has 2 saturated heterocycles. The summed E-state index contributed by atoms with van der Waals surface area (Å²) in [6, 6.07) is 17.4. The highest BCUT2D eigenvalue weighted by atomic mass is 35.5. The smallest absolute Gasteiger partial charge is 0.227 e. The molecule has 0 bridgehead atoms. The van der Waals surface area contributed by atoms with Crippen molar-refractivity contribution in [2.45, 2.75) is 46.5 Å². The lowest BCUT2D eigenvalue weighted by Gasteiger charge is -2.21. The van der Waals surface area contributed by atoms with Crippen molar-refractivity contribution in [1.82, 2.24) is 0 Å². The molecule has 0 radical (unpaired) electrons. The fraction of sp³-hybridized carbons (Fsp3) is 0.371. The standard InChI is InChI=1S/C17H20N2O2S.C16H17ClN2O2S.C2H6/c1-11-8-16(22-10-11)13-2-3-14(18)15(9-13)19-17(20)12-4-6-21-7-5-12;17-15-4-3-14(22-15)11-1-2-12(18)13(9-11)19-16(20)10-5-7-21-8-6-10;1-2/h2-3,8-10,12H,4-7,18H2,1H3,(H,19,20);1-4,9-10H,5-8,18H2,(H,19,20);1-2H3. The van der Waals surface area contributed by atoms with E-state index in [0.717, 1.165) is 46.0 Å². The molecule has 246 valence electrons. The van der Waals surface area contributed by atoms with Crippen LogP contribution in [0, 0.1) is 18.8 Å². The summed E-state index contributed by atoms with van der Waals surface area (Å²) in [5.74, 6) is 0.0552. The minimum absolute atomic E-state index is 0.00649. The van der Waals surface area contributed by atoms with E-state index in [0.29, 0.717) is 49.2 Å². The first kappa shape index (κ1) is 35.4. The first-order valence-electron chi connectivity index (χ1n) is 15.6. The summed E-state index contributed by atoms with van der Waals surface area (Å²) in [7, 11) is 0. The number of anilines is 4. The average molecular weight is 683 g/mol. The molecular weight excluding hydrogens is 640 g/mol. The molecule has 2 fully saturated rings. The second-order valence-electron chi connectivity index (χ2n) is 10.9. The van der Waals surface area contributed by atoms with Gasteiger partial charge in [0.1, 0.15) is 0 Å². The Hall–Kier alpha value is -3.41. The highest BCUT2D eigenvalue weighted by molar-refractivity contribution is 7.19. The third-order valence-electron chi connectivity index (χ3n) is 7.68. The number of halogens is 1. The minimum Gasteiger partial charge on any atom is -0.397 e. The minimum atomic E-state index is -0.00649. The summed E-state index contributed by atoms with van der Waals surface area (Å²) in [5, 5.41) is 8.05. The van der Waals surface area contributed by atoms with Crippen LogP contribution in [0.15, 0.2) is 60.0 Å². The number of rotatable bonds is 6. The number of hydrogen-bond acceptors (Lipinski definition) is 8. The zero-order chi connectivity index (χ0) is 33.1. The van der Waals surface area contributed by atoms with Gasteiger partial charge >= 0.3 is 0 Å². The number of nitrogens with two attached hydrogens (primary N) is 2. The molecule has 11 heteroatoms. The Balaban J connectivity index is 0.000000198. The van der Waals surface area contributed by atoms with Crippen LogP contribution in [0.1, 0.15) is 45.1 Å². The molecule has 6 rings (SSSR count). The Kier molecular flexibility index (Phi) is 13.5. The zero-order valence-electron chi connectivity index (χ0n) is 26.6. The fourth-order valence-corrected chi connectivity index (χ4v) is 7.01. The van der Waals surface area contributed by atoms with Crippen LogP contribution in [-0.4, -0.2) is 38.2 Å². The third-order valence-corrected chi connectivity index (χ3v) is 10.1. The summed E-state index contributed by atoms with van der Waals surface area (Å²) in [6.45, 7) is 8.66. The second-order valence-corrected chi connectivity index (χ2v) is 13.6. The lowest BCUT2D eigenvalue weighted by Crippen LogP contribution is -2.28. The summed E-state index contributed by atoms with van der Waals surface area (Å²) in [6.07, 6.45) is 3.06. The molecule has 2 aromatic heterocycles. The number of aryl methyl sites for hydroxylation is 1. The van der Waals surface area contributed by atoms with Crippen LogP contribution in [0.25, 0.3) is 20.9 Å². The Morgan fingerprint density at radius 3 is 1.63 bits per heavy atom. The van der Waals surface area contributed by atoms with Crippen LogP contribution < -0.4 is 22.1 Å². The number of amides is 2. The van der Waals surface area contributed by atoms with Gasteiger partial charge in [-0.15, -0.1) is 22.7 Å². The third kappa shape index (κ3) is 9.80. The zero-order valence-corrected chi connectivity index (χ0v) is 29.0. The Bertz CT molecular complexity index is 1480. The first-order chi connectivity index (χ1) is 22.3. The van der Waals surface area contributed by atoms with Gasteiger partial charge in [-0.1, -0.05) is 37.6 Å². The van der Waals surface area contributed by atoms with Crippen molar-refractivity contribution in [3.8, 4) is 20.9 Å². The van der Waals surface area contributed by atoms with Crippen molar-refractivity contribution in [2.75, 3.05) is 48.5 Å². The molecule has 4 heterocycles. The van der Waals surface area contributed by atoms with Gasteiger partial charge in [0, 0.05) is 48.0 Å². The quantitative estimate of drug-likeness (QED) is 0.151. The van der Waals surface area contributed by atoms with E-state index in [-0.39, 0.29) is 23.7 Å². The number of nitrogens with one attached hydrogen (secondary N) is 2. The van der Waals surface area contributed by atoms with Crippen molar-refractivity contribution in [3.63, 3.8) is 0 Å². The second kappa shape index (κ2) is 17.5. The molecular formula is C35H43ClN4O4S2. The topological polar surface area (TPSA) is 129 Å². The molecule has 2 aliphatic heterocycles. The van der Waals surface area contributed by atoms with Gasteiger partial charge in [-0.25, -0.2) is 0 Å². The molecule has 2 amide bonds. The van der Waals surface area contributed by atoms with Crippen LogP contribution in [-0.2, 0) is 19.1 Å². The van der Waals surface area contributed by atoms with E-state index >= 15 is 0 Å². The molecule has 0 aliphatic carbocycles. The van der Waals surface area contributed by atoms with E-state index in [4.69, 9.17) is 32.5 Å². The van der Waals surface area contributed by atoms with Crippen LogP contribution in [0.5, 0.6) is 0 Å². The van der Waals surface area contributed by atoms with Gasteiger partial charge in [-0.05, 0) is 97.1 Å². The van der Waals surface area contributed by atoms with Crippen molar-refractivity contribution in [1.29, 1.82) is 0 Å². The maximum Gasteiger partial charge on any atom is 0.227 e. The highest BCUT2D eigenvalue weighted by Gasteiger charge is 2.23. The van der Waals surface area contributed by atoms with Gasteiger partial charge < -0.3 is 31.6 Å². The van der Waals surface area contributed by atoms with Gasteiger partial charge in [-0.3, -0.25) is 9.59 Å². The Labute approximate surface area is 284 Å². The van der Waals surface area contributed by atoms with Crippen LogP contribution >= 0.6 is 34.3 Å². The van der Waals surface area contributed by atoms with Gasteiger partial charge in [0.2, 0.25) is 11.8 Å². The fourth-order valence-electron chi connectivity index (χ4n) is 5.08. The number of ether oxygens (including phenoxy) is 2. The SMILES string of the molecule is CC.Cc1csc(-c2ccc(N)c(NC(=O)C3CCOCC3)c2)c1.Nc1ccc(-c2ccc(Cl)s2)cc1NC(=O)C1CCOCC1. The molecule has 46 heavy (non-hydrogen) atoms. The van der Waals surface area contributed by atoms with Crippen molar-refractivity contribution >= 4 is 68.8 Å². The number of carbonyl (C=O) groups is 2. The summed E-state index contributed by atoms with van der Waals surface area (Å²) in [4.78, 5) is 26.9. The van der Waals surface area contributed by atoms with Gasteiger partial charge in [0.25, 0.3) is 0 Å². The summed E-state index contributed by atoms with van der Waals surface area (Å²) < 4.78 is 11.3. The number of hydrogen-bond donors (Lipinski definition) is 4. The molecule has 0 spiro atoms. The van der Waals surface area contributed by atoms with E-state index in [1.165, 1.54) is 21.8 Å². The van der Waals surface area contributed by atoms with Crippen LogP contribution in [0.2, 0.25) is 4.34 Å². The van der Waals surface area contributed by atoms with Gasteiger partial charge in [-0.2, -0.15) is 0 Å². The molecule has 4 aromatic rings. The van der Waals surface area contributed by atoms with Gasteiger partial charge in [0.15, 0.2) is 0 Å². The number of benzene rings is 2. The number of carbonyl (C=O) groups excluding carboxylic acids is 2. The molecule has 2 aliphatic rings. The van der Waals surface area contributed by atoms with Crippen LogP contribution in [0.4, 0.5) is 22.7 Å². The lowest BCUT2D eigenvalue weighted by atomic mass is 9.99. The predicted molar refractivity (Wildman–Crippen MR) is 194 cm³/mol. The van der Waals surface area contributed by atoms with Crippen molar-refractivity contribution < 1.29 is 19.1 Å². The monoisotopic (exact) mass is 682 g/mol. The summed E-state index contributed by atoms with van der Waals surface area (Å²) >= 11 is 9.17. The van der Waals surface area contributed by atoms with Crippen molar-refractivity contribution in [3.05, 3.63) is 69.9 Å².